The standard InChI is InChI=1S/C21H37NO18S.Na/c1-3-7-11(26)13(28)14(29)20(36-7)38-16-9(5-24)35-19(31)10(22-6(2)25)17(16)39-21-15(30)18(40-41(32,33)34)12(27)8(4-23)37-21;/h7-21,23-24,26-31H,3-5H2,1-2H3,(H,22,25)(H,32,33,34);/q;+1/p-1/t7-,8+,9+,10+,11+,12-,13+,14-,15+,16+,17+,18-,19?,20-,21-;/m0./s1. The van der Waals surface area contributed by atoms with E-state index in [4.69, 9.17) is 23.7 Å². The minimum Gasteiger partial charge on any atom is -0.726 e. The number of rotatable bonds is 10. The Hall–Kier alpha value is -0.180. The summed E-state index contributed by atoms with van der Waals surface area (Å²) in [6.07, 6.45) is -24.5. The van der Waals surface area contributed by atoms with Crippen LogP contribution in [-0.2, 0) is 43.1 Å². The summed E-state index contributed by atoms with van der Waals surface area (Å²) < 4.78 is 65.7. The van der Waals surface area contributed by atoms with Gasteiger partial charge in [-0.2, -0.15) is 0 Å². The predicted octanol–water partition coefficient (Wildman–Crippen LogP) is -9.52. The number of amides is 1. The van der Waals surface area contributed by atoms with Crippen molar-refractivity contribution in [2.45, 2.75) is 112 Å². The maximum atomic E-state index is 12.0. The molecule has 19 nitrogen and oxygen atoms in total. The summed E-state index contributed by atoms with van der Waals surface area (Å²) in [6, 6.07) is -1.57. The van der Waals surface area contributed by atoms with Gasteiger partial charge in [0.2, 0.25) is 16.3 Å². The minimum absolute atomic E-state index is 0. The molecular weight excluding hydrogens is 609 g/mol. The first kappa shape index (κ1) is 38.0. The number of ether oxygens (including phenoxy) is 5. The molecule has 240 valence electrons. The van der Waals surface area contributed by atoms with Crippen LogP contribution < -0.4 is 34.9 Å². The molecule has 0 aromatic heterocycles. The molecule has 15 atom stereocenters. The summed E-state index contributed by atoms with van der Waals surface area (Å²) in [4.78, 5) is 12.0. The number of nitrogens with one attached hydrogen (secondary N) is 1. The van der Waals surface area contributed by atoms with E-state index in [9.17, 15) is 58.6 Å². The largest absolute Gasteiger partial charge is 1.00 e. The molecule has 1 unspecified atom stereocenters. The van der Waals surface area contributed by atoms with Crippen LogP contribution in [0.1, 0.15) is 20.3 Å². The smallest absolute Gasteiger partial charge is 0.726 e. The Kier molecular flexibility index (Phi) is 14.4. The molecule has 0 spiro atoms. The van der Waals surface area contributed by atoms with Crippen LogP contribution in [0.4, 0.5) is 0 Å². The molecule has 3 heterocycles. The third-order valence-electron chi connectivity index (χ3n) is 6.92. The van der Waals surface area contributed by atoms with E-state index in [0.29, 0.717) is 0 Å². The molecule has 1 amide bonds. The molecule has 0 saturated carbocycles. The van der Waals surface area contributed by atoms with Gasteiger partial charge in [0.05, 0.1) is 19.3 Å². The maximum Gasteiger partial charge on any atom is 1.00 e. The molecule has 0 aromatic rings. The number of hydrogen-bond acceptors (Lipinski definition) is 18. The van der Waals surface area contributed by atoms with Crippen LogP contribution in [0, 0.1) is 0 Å². The van der Waals surface area contributed by atoms with E-state index in [1.165, 1.54) is 0 Å². The van der Waals surface area contributed by atoms with Crippen LogP contribution in [0.2, 0.25) is 0 Å². The predicted molar refractivity (Wildman–Crippen MR) is 125 cm³/mol. The summed E-state index contributed by atoms with van der Waals surface area (Å²) in [5.74, 6) is -0.738. The number of carbonyl (C=O) groups excluding carboxylic acids is 1. The van der Waals surface area contributed by atoms with Crippen molar-refractivity contribution >= 4 is 16.3 Å². The number of carbonyl (C=O) groups is 1. The fourth-order valence-corrected chi connectivity index (χ4v) is 5.37. The van der Waals surface area contributed by atoms with Crippen molar-refractivity contribution in [1.29, 1.82) is 0 Å². The summed E-state index contributed by atoms with van der Waals surface area (Å²) in [5.41, 5.74) is 0. The normalized spacial score (nSPS) is 44.7. The summed E-state index contributed by atoms with van der Waals surface area (Å²) in [5, 5.41) is 84.5. The van der Waals surface area contributed by atoms with E-state index in [1.54, 1.807) is 6.92 Å². The molecule has 42 heavy (non-hydrogen) atoms. The van der Waals surface area contributed by atoms with Crippen LogP contribution in [0.5, 0.6) is 0 Å². The van der Waals surface area contributed by atoms with E-state index in [1.807, 2.05) is 0 Å². The zero-order valence-corrected chi connectivity index (χ0v) is 25.7. The number of hydrogen-bond donors (Lipinski definition) is 9. The topological polar surface area (TPSA) is 304 Å². The van der Waals surface area contributed by atoms with Crippen molar-refractivity contribution in [3.8, 4) is 0 Å². The Morgan fingerprint density at radius 3 is 1.86 bits per heavy atom. The van der Waals surface area contributed by atoms with Crippen molar-refractivity contribution in [2.24, 2.45) is 0 Å². The number of aliphatic hydroxyl groups is 8. The van der Waals surface area contributed by atoms with Crippen LogP contribution in [0.3, 0.4) is 0 Å². The van der Waals surface area contributed by atoms with Gasteiger partial charge in [-0.15, -0.1) is 0 Å². The quantitative estimate of drug-likeness (QED) is 0.0605. The van der Waals surface area contributed by atoms with Gasteiger partial charge in [0, 0.05) is 6.92 Å². The van der Waals surface area contributed by atoms with Gasteiger partial charge in [-0.3, -0.25) is 8.98 Å². The Morgan fingerprint density at radius 2 is 1.33 bits per heavy atom. The minimum atomic E-state index is -5.51. The van der Waals surface area contributed by atoms with Crippen molar-refractivity contribution < 1.29 is 116 Å². The van der Waals surface area contributed by atoms with Crippen molar-refractivity contribution in [3.05, 3.63) is 0 Å². The first-order valence-electron chi connectivity index (χ1n) is 12.6. The van der Waals surface area contributed by atoms with Crippen molar-refractivity contribution in [3.63, 3.8) is 0 Å². The van der Waals surface area contributed by atoms with Gasteiger partial charge >= 0.3 is 29.6 Å². The molecule has 0 aliphatic carbocycles. The third kappa shape index (κ3) is 8.75. The molecule has 0 bridgehead atoms. The average molecular weight is 646 g/mol. The SMILES string of the molecule is CC[C@@H]1O[C@@H](O[C@H]2[C@H](O[C@@H]3O[C@H](CO)[C@H](O)[C@H](OS(=O)(=O)[O-])[C@H]3O)[C@@H](NC(C)=O)C(O)O[C@@H]2CO)[C@@H](O)[C@H](O)[C@@H]1O.[Na+]. The van der Waals surface area contributed by atoms with Crippen molar-refractivity contribution in [1.82, 2.24) is 5.32 Å². The second kappa shape index (κ2) is 15.9. The average Bonchev–Trinajstić information content (AvgIpc) is 2.90. The van der Waals surface area contributed by atoms with Gasteiger partial charge in [0.1, 0.15) is 67.1 Å². The van der Waals surface area contributed by atoms with E-state index < -0.39 is 122 Å². The first-order chi connectivity index (χ1) is 19.1. The van der Waals surface area contributed by atoms with Gasteiger partial charge < -0.3 is 74.4 Å². The van der Waals surface area contributed by atoms with E-state index in [2.05, 4.69) is 9.50 Å². The molecule has 0 radical (unpaired) electrons. The molecule has 21 heteroatoms. The Bertz CT molecular complexity index is 977. The van der Waals surface area contributed by atoms with Gasteiger partial charge in [-0.05, 0) is 6.42 Å². The first-order valence-corrected chi connectivity index (χ1v) is 13.9. The molecule has 3 rings (SSSR count). The molecule has 9 N–H and O–H groups in total. The molecule has 3 aliphatic heterocycles. The molecule has 3 fully saturated rings. The summed E-state index contributed by atoms with van der Waals surface area (Å²) >= 11 is 0. The molecule has 3 aliphatic rings. The van der Waals surface area contributed by atoms with Crippen molar-refractivity contribution in [2.75, 3.05) is 13.2 Å². The van der Waals surface area contributed by atoms with Crippen LogP contribution in [0.15, 0.2) is 0 Å². The Labute approximate surface area is 262 Å². The third-order valence-corrected chi connectivity index (χ3v) is 7.38. The van der Waals surface area contributed by atoms with E-state index in [-0.39, 0.29) is 36.0 Å². The zero-order chi connectivity index (χ0) is 30.8. The molecular formula is C21H36NNaO18S. The van der Waals surface area contributed by atoms with Gasteiger partial charge in [0.15, 0.2) is 18.9 Å². The second-order valence-corrected chi connectivity index (χ2v) is 10.8. The Balaban J connectivity index is 0.00000616. The summed E-state index contributed by atoms with van der Waals surface area (Å²) in [6.45, 7) is 0.825. The van der Waals surface area contributed by atoms with Crippen LogP contribution >= 0.6 is 0 Å². The van der Waals surface area contributed by atoms with E-state index >= 15 is 0 Å². The monoisotopic (exact) mass is 645 g/mol. The molecule has 3 saturated heterocycles. The maximum absolute atomic E-state index is 12.0. The summed E-state index contributed by atoms with van der Waals surface area (Å²) in [7, 11) is -5.51. The van der Waals surface area contributed by atoms with Gasteiger partial charge in [0.25, 0.3) is 0 Å². The fourth-order valence-electron chi connectivity index (χ4n) is 4.87. The van der Waals surface area contributed by atoms with E-state index in [0.717, 1.165) is 6.92 Å². The molecule has 0 aromatic carbocycles. The second-order valence-electron chi connectivity index (χ2n) is 9.77. The Morgan fingerprint density at radius 1 is 0.786 bits per heavy atom. The number of aliphatic hydroxyl groups excluding tert-OH is 8. The fraction of sp³-hybridized carbons (Fsp3) is 0.952. The van der Waals surface area contributed by atoms with Gasteiger partial charge in [-0.1, -0.05) is 6.92 Å². The zero-order valence-electron chi connectivity index (χ0n) is 22.9. The van der Waals surface area contributed by atoms with Gasteiger partial charge in [-0.25, -0.2) is 8.42 Å². The van der Waals surface area contributed by atoms with Crippen LogP contribution in [0.25, 0.3) is 0 Å². The van der Waals surface area contributed by atoms with Crippen LogP contribution in [-0.4, -0.2) is 165 Å².